The van der Waals surface area contributed by atoms with Crippen molar-refractivity contribution < 1.29 is 23.7 Å². The molecule has 2 aromatic carbocycles. The average molecular weight is 482 g/mol. The average Bonchev–Trinajstić information content (AvgIpc) is 3.42. The third kappa shape index (κ3) is 6.91. The van der Waals surface area contributed by atoms with Crippen LogP contribution in [-0.4, -0.2) is 49.6 Å². The molecule has 3 atom stereocenters. The van der Waals surface area contributed by atoms with Gasteiger partial charge >= 0.3 is 6.09 Å². The summed E-state index contributed by atoms with van der Waals surface area (Å²) >= 11 is 0. The summed E-state index contributed by atoms with van der Waals surface area (Å²) in [6.07, 6.45) is 8.76. The summed E-state index contributed by atoms with van der Waals surface area (Å²) in [6, 6.07) is 16.1. The zero-order chi connectivity index (χ0) is 24.5. The molecule has 6 heteroatoms. The molecule has 2 aliphatic rings. The van der Waals surface area contributed by atoms with Gasteiger partial charge in [0.1, 0.15) is 11.5 Å². The second kappa shape index (κ2) is 12.8. The van der Waals surface area contributed by atoms with Crippen molar-refractivity contribution >= 4 is 6.09 Å². The zero-order valence-corrected chi connectivity index (χ0v) is 21.1. The molecule has 0 unspecified atom stereocenters. The van der Waals surface area contributed by atoms with Gasteiger partial charge in [-0.2, -0.15) is 0 Å². The van der Waals surface area contributed by atoms with E-state index in [1.54, 1.807) is 12.0 Å². The van der Waals surface area contributed by atoms with Crippen LogP contribution in [0.4, 0.5) is 4.79 Å². The van der Waals surface area contributed by atoms with Gasteiger partial charge in [-0.3, -0.25) is 4.90 Å². The molecule has 2 heterocycles. The molecular weight excluding hydrogens is 442 g/mol. The Kier molecular flexibility index (Phi) is 9.29. The summed E-state index contributed by atoms with van der Waals surface area (Å²) in [6.45, 7) is 4.05. The maximum atomic E-state index is 12.6. The first-order chi connectivity index (χ1) is 17.2. The maximum absolute atomic E-state index is 12.6. The number of rotatable bonds is 14. The number of carbonyl (C=O) groups excluding carboxylic acids is 1. The standard InChI is InChI=1S/C29H39NO5/c1-3-4-5-6-7-8-19-33-25-16-9-22(10-17-25)13-18-27-28-26(21-34-27)30(29(31)35-28)20-23-11-14-24(32-2)15-12-23/h9-12,14-17,26-28H,3-8,13,18-21H2,1-2H3/t26-,27-,28-/m0/s1. The molecule has 6 nitrogen and oxygen atoms in total. The minimum atomic E-state index is -0.254. The Morgan fingerprint density at radius 1 is 0.914 bits per heavy atom. The van der Waals surface area contributed by atoms with Gasteiger partial charge in [0.25, 0.3) is 0 Å². The molecule has 0 radical (unpaired) electrons. The number of methoxy groups -OCH3 is 1. The van der Waals surface area contributed by atoms with Crippen LogP contribution >= 0.6 is 0 Å². The fourth-order valence-corrected chi connectivity index (χ4v) is 4.89. The second-order valence-electron chi connectivity index (χ2n) is 9.56. The highest BCUT2D eigenvalue weighted by molar-refractivity contribution is 5.71. The summed E-state index contributed by atoms with van der Waals surface area (Å²) in [5, 5.41) is 0. The van der Waals surface area contributed by atoms with Crippen molar-refractivity contribution in [2.24, 2.45) is 0 Å². The molecule has 0 saturated carbocycles. The van der Waals surface area contributed by atoms with Gasteiger partial charge in [-0.1, -0.05) is 63.3 Å². The topological polar surface area (TPSA) is 57.2 Å². The number of hydrogen-bond acceptors (Lipinski definition) is 5. The number of benzene rings is 2. The van der Waals surface area contributed by atoms with E-state index in [9.17, 15) is 4.79 Å². The lowest BCUT2D eigenvalue weighted by Crippen LogP contribution is -2.36. The first kappa shape index (κ1) is 25.4. The second-order valence-corrected chi connectivity index (χ2v) is 9.56. The molecule has 2 aliphatic heterocycles. The van der Waals surface area contributed by atoms with Crippen LogP contribution in [-0.2, 0) is 22.4 Å². The van der Waals surface area contributed by atoms with E-state index < -0.39 is 0 Å². The molecule has 0 bridgehead atoms. The van der Waals surface area contributed by atoms with Crippen molar-refractivity contribution in [3.63, 3.8) is 0 Å². The van der Waals surface area contributed by atoms with Crippen LogP contribution in [0.1, 0.15) is 63.0 Å². The largest absolute Gasteiger partial charge is 0.497 e. The molecule has 0 spiro atoms. The van der Waals surface area contributed by atoms with Gasteiger partial charge in [-0.15, -0.1) is 0 Å². The number of nitrogens with zero attached hydrogens (tertiary/aromatic N) is 1. The number of hydrogen-bond donors (Lipinski definition) is 0. The number of ether oxygens (including phenoxy) is 4. The lowest BCUT2D eigenvalue weighted by Gasteiger charge is -2.19. The quantitative estimate of drug-likeness (QED) is 0.303. The molecule has 35 heavy (non-hydrogen) atoms. The molecule has 0 aromatic heterocycles. The van der Waals surface area contributed by atoms with E-state index in [0.717, 1.165) is 42.9 Å². The van der Waals surface area contributed by atoms with Gasteiger partial charge in [0, 0.05) is 6.54 Å². The number of unbranched alkanes of at least 4 members (excludes halogenated alkanes) is 5. The van der Waals surface area contributed by atoms with E-state index in [2.05, 4.69) is 31.2 Å². The van der Waals surface area contributed by atoms with E-state index in [4.69, 9.17) is 18.9 Å². The highest BCUT2D eigenvalue weighted by atomic mass is 16.6. The fraction of sp³-hybridized carbons (Fsp3) is 0.552. The molecule has 190 valence electrons. The van der Waals surface area contributed by atoms with Crippen molar-refractivity contribution in [3.8, 4) is 11.5 Å². The van der Waals surface area contributed by atoms with Crippen LogP contribution in [0.5, 0.6) is 11.5 Å². The number of fused-ring (bicyclic) bond motifs is 1. The van der Waals surface area contributed by atoms with E-state index in [1.807, 2.05) is 24.3 Å². The number of carbonyl (C=O) groups is 1. The SMILES string of the molecule is CCCCCCCCOc1ccc(CC[C@@H]2OC[C@H]3[C@@H]2OC(=O)N3Cc2ccc(OC)cc2)cc1. The minimum Gasteiger partial charge on any atom is -0.497 e. The number of amides is 1. The minimum absolute atomic E-state index is 0.0349. The first-order valence-corrected chi connectivity index (χ1v) is 13.1. The van der Waals surface area contributed by atoms with Gasteiger partial charge in [-0.05, 0) is 54.7 Å². The fourth-order valence-electron chi connectivity index (χ4n) is 4.89. The molecule has 4 rings (SSSR count). The molecule has 0 N–H and O–H groups in total. The van der Waals surface area contributed by atoms with Gasteiger partial charge < -0.3 is 18.9 Å². The summed E-state index contributed by atoms with van der Waals surface area (Å²) in [4.78, 5) is 14.4. The third-order valence-corrected chi connectivity index (χ3v) is 7.02. The highest BCUT2D eigenvalue weighted by Gasteiger charge is 2.50. The first-order valence-electron chi connectivity index (χ1n) is 13.1. The van der Waals surface area contributed by atoms with Gasteiger partial charge in [0.15, 0.2) is 6.10 Å². The summed E-state index contributed by atoms with van der Waals surface area (Å²) < 4.78 is 22.9. The van der Waals surface area contributed by atoms with Gasteiger partial charge in [-0.25, -0.2) is 4.79 Å². The maximum Gasteiger partial charge on any atom is 0.410 e. The van der Waals surface area contributed by atoms with E-state index >= 15 is 0 Å². The summed E-state index contributed by atoms with van der Waals surface area (Å²) in [5.74, 6) is 1.73. The molecule has 2 fully saturated rings. The van der Waals surface area contributed by atoms with Crippen LogP contribution in [0.15, 0.2) is 48.5 Å². The molecule has 2 saturated heterocycles. The summed E-state index contributed by atoms with van der Waals surface area (Å²) in [7, 11) is 1.65. The van der Waals surface area contributed by atoms with Crippen molar-refractivity contribution in [2.45, 2.75) is 83.1 Å². The lowest BCUT2D eigenvalue weighted by atomic mass is 10.0. The lowest BCUT2D eigenvalue weighted by molar-refractivity contribution is 0.0249. The van der Waals surface area contributed by atoms with Gasteiger partial charge in [0.2, 0.25) is 0 Å². The highest BCUT2D eigenvalue weighted by Crippen LogP contribution is 2.33. The van der Waals surface area contributed by atoms with E-state index in [1.165, 1.54) is 37.7 Å². The Morgan fingerprint density at radius 3 is 2.34 bits per heavy atom. The Balaban J connectivity index is 1.20. The predicted molar refractivity (Wildman–Crippen MR) is 136 cm³/mol. The van der Waals surface area contributed by atoms with Crippen molar-refractivity contribution in [1.29, 1.82) is 0 Å². The zero-order valence-electron chi connectivity index (χ0n) is 21.1. The monoisotopic (exact) mass is 481 g/mol. The van der Waals surface area contributed by atoms with Crippen LogP contribution < -0.4 is 9.47 Å². The van der Waals surface area contributed by atoms with Crippen molar-refractivity contribution in [2.75, 3.05) is 20.3 Å². The Hall–Kier alpha value is -2.73. The Labute approximate surface area is 209 Å². The Bertz CT molecular complexity index is 914. The molecule has 1 amide bonds. The van der Waals surface area contributed by atoms with Crippen molar-refractivity contribution in [1.82, 2.24) is 4.90 Å². The van der Waals surface area contributed by atoms with Crippen LogP contribution in [0, 0.1) is 0 Å². The third-order valence-electron chi connectivity index (χ3n) is 7.02. The number of aryl methyl sites for hydroxylation is 1. The van der Waals surface area contributed by atoms with Crippen molar-refractivity contribution in [3.05, 3.63) is 59.7 Å². The molecular formula is C29H39NO5. The van der Waals surface area contributed by atoms with Crippen LogP contribution in [0.3, 0.4) is 0 Å². The normalized spacial score (nSPS) is 21.1. The van der Waals surface area contributed by atoms with Gasteiger partial charge in [0.05, 0.1) is 32.5 Å². The Morgan fingerprint density at radius 2 is 1.60 bits per heavy atom. The predicted octanol–water partition coefficient (Wildman–Crippen LogP) is 6.16. The smallest absolute Gasteiger partial charge is 0.410 e. The van der Waals surface area contributed by atoms with E-state index in [0.29, 0.717) is 13.2 Å². The molecule has 2 aromatic rings. The molecule has 0 aliphatic carbocycles. The van der Waals surface area contributed by atoms with E-state index in [-0.39, 0.29) is 24.3 Å². The summed E-state index contributed by atoms with van der Waals surface area (Å²) in [5.41, 5.74) is 2.29. The van der Waals surface area contributed by atoms with Crippen LogP contribution in [0.25, 0.3) is 0 Å². The van der Waals surface area contributed by atoms with Crippen LogP contribution in [0.2, 0.25) is 0 Å².